The number of rotatable bonds is 7. The average Bonchev–Trinajstić information content (AvgIpc) is 2.37. The van der Waals surface area contributed by atoms with E-state index < -0.39 is 18.9 Å². The smallest absolute Gasteiger partial charge is 0.265 e. The van der Waals surface area contributed by atoms with Crippen LogP contribution in [0.25, 0.3) is 0 Å². The number of carbonyl (C=O) groups excluding carboxylic acids is 1. The molecular formula is C12H17F2N3O2. The highest BCUT2D eigenvalue weighted by atomic mass is 19.3. The number of aliphatic hydroxyl groups is 1. The predicted octanol–water partition coefficient (Wildman–Crippen LogP) is 0.349. The summed E-state index contributed by atoms with van der Waals surface area (Å²) in [4.78, 5) is 12.8. The van der Waals surface area contributed by atoms with Crippen molar-refractivity contribution in [2.24, 2.45) is 5.84 Å². The Hall–Kier alpha value is -1.57. The molecule has 0 aliphatic carbocycles. The van der Waals surface area contributed by atoms with Gasteiger partial charge in [-0.1, -0.05) is 12.1 Å². The van der Waals surface area contributed by atoms with Crippen molar-refractivity contribution in [3.63, 3.8) is 0 Å². The monoisotopic (exact) mass is 273 g/mol. The van der Waals surface area contributed by atoms with E-state index in [1.165, 1.54) is 4.90 Å². The van der Waals surface area contributed by atoms with E-state index in [2.05, 4.69) is 0 Å². The van der Waals surface area contributed by atoms with Crippen molar-refractivity contribution in [2.75, 3.05) is 19.7 Å². The molecule has 0 saturated carbocycles. The topological polar surface area (TPSA) is 78.6 Å². The minimum absolute atomic E-state index is 0.150. The van der Waals surface area contributed by atoms with E-state index >= 15 is 0 Å². The van der Waals surface area contributed by atoms with Gasteiger partial charge in [0.05, 0.1) is 13.2 Å². The quantitative estimate of drug-likeness (QED) is 0.380. The molecule has 4 N–H and O–H groups in total. The van der Waals surface area contributed by atoms with Gasteiger partial charge in [-0.05, 0) is 17.7 Å². The fraction of sp³-hybridized carbons (Fsp3) is 0.417. The van der Waals surface area contributed by atoms with Gasteiger partial charge in [0.2, 0.25) is 0 Å². The van der Waals surface area contributed by atoms with E-state index in [-0.39, 0.29) is 19.7 Å². The van der Waals surface area contributed by atoms with E-state index in [1.807, 2.05) is 5.43 Å². The molecule has 0 fully saturated rings. The molecule has 1 aromatic rings. The predicted molar refractivity (Wildman–Crippen MR) is 66.5 cm³/mol. The third-order valence-electron chi connectivity index (χ3n) is 2.54. The number of alkyl halides is 2. The molecule has 0 aromatic heterocycles. The molecule has 19 heavy (non-hydrogen) atoms. The van der Waals surface area contributed by atoms with Gasteiger partial charge in [0.1, 0.15) is 0 Å². The van der Waals surface area contributed by atoms with E-state index in [1.54, 1.807) is 24.3 Å². The van der Waals surface area contributed by atoms with Gasteiger partial charge in [-0.25, -0.2) is 14.6 Å². The first-order valence-electron chi connectivity index (χ1n) is 5.78. The summed E-state index contributed by atoms with van der Waals surface area (Å²) in [7, 11) is 0. The SMILES string of the molecule is NNC(=O)c1cccc(CN(CCO)CC(F)F)c1. The van der Waals surface area contributed by atoms with Crippen molar-refractivity contribution in [2.45, 2.75) is 13.0 Å². The number of hydrogen-bond donors (Lipinski definition) is 3. The van der Waals surface area contributed by atoms with E-state index in [0.29, 0.717) is 11.1 Å². The Morgan fingerprint density at radius 3 is 2.79 bits per heavy atom. The number of nitrogens with two attached hydrogens (primary N) is 1. The van der Waals surface area contributed by atoms with Crippen LogP contribution in [0, 0.1) is 0 Å². The van der Waals surface area contributed by atoms with Crippen molar-refractivity contribution in [3.8, 4) is 0 Å². The zero-order valence-electron chi connectivity index (χ0n) is 10.4. The largest absolute Gasteiger partial charge is 0.395 e. The molecule has 0 saturated heterocycles. The standard InChI is InChI=1S/C12H17F2N3O2/c13-11(14)8-17(4-5-18)7-9-2-1-3-10(6-9)12(19)16-15/h1-3,6,11,18H,4-5,7-8,15H2,(H,16,19). The molecule has 7 heteroatoms. The van der Waals surface area contributed by atoms with Gasteiger partial charge in [0.15, 0.2) is 0 Å². The first-order chi connectivity index (χ1) is 9.06. The van der Waals surface area contributed by atoms with E-state index in [0.717, 1.165) is 0 Å². The number of carbonyl (C=O) groups is 1. The van der Waals surface area contributed by atoms with Crippen LogP contribution >= 0.6 is 0 Å². The molecule has 0 atom stereocenters. The average molecular weight is 273 g/mol. The zero-order chi connectivity index (χ0) is 14.3. The summed E-state index contributed by atoms with van der Waals surface area (Å²) in [5.74, 6) is 4.59. The lowest BCUT2D eigenvalue weighted by atomic mass is 10.1. The molecule has 106 valence electrons. The lowest BCUT2D eigenvalue weighted by Crippen LogP contribution is -2.32. The number of nitrogens with zero attached hydrogens (tertiary/aromatic N) is 1. The lowest BCUT2D eigenvalue weighted by Gasteiger charge is -2.21. The van der Waals surface area contributed by atoms with Crippen LogP contribution in [0.1, 0.15) is 15.9 Å². The minimum Gasteiger partial charge on any atom is -0.395 e. The molecule has 1 amide bonds. The summed E-state index contributed by atoms with van der Waals surface area (Å²) in [6.45, 7) is -0.238. The third kappa shape index (κ3) is 5.29. The number of aliphatic hydroxyl groups excluding tert-OH is 1. The summed E-state index contributed by atoms with van der Waals surface area (Å²) in [5, 5.41) is 8.84. The minimum atomic E-state index is -2.47. The van der Waals surface area contributed by atoms with Gasteiger partial charge in [-0.15, -0.1) is 0 Å². The fourth-order valence-corrected chi connectivity index (χ4v) is 1.72. The van der Waals surface area contributed by atoms with Crippen molar-refractivity contribution >= 4 is 5.91 Å². The molecule has 0 aliphatic rings. The number of hydrogen-bond acceptors (Lipinski definition) is 4. The molecule has 1 aromatic carbocycles. The van der Waals surface area contributed by atoms with Gasteiger partial charge in [-0.3, -0.25) is 15.1 Å². The highest BCUT2D eigenvalue weighted by Crippen LogP contribution is 2.10. The lowest BCUT2D eigenvalue weighted by molar-refractivity contribution is 0.0745. The number of nitrogens with one attached hydrogen (secondary N) is 1. The van der Waals surface area contributed by atoms with Gasteiger partial charge in [-0.2, -0.15) is 0 Å². The first-order valence-corrected chi connectivity index (χ1v) is 5.78. The highest BCUT2D eigenvalue weighted by Gasteiger charge is 2.13. The Bertz CT molecular complexity index is 416. The second-order valence-electron chi connectivity index (χ2n) is 4.02. The van der Waals surface area contributed by atoms with Gasteiger partial charge < -0.3 is 5.11 Å². The number of amides is 1. The summed E-state index contributed by atoms with van der Waals surface area (Å²) in [6, 6.07) is 6.54. The van der Waals surface area contributed by atoms with Crippen LogP contribution < -0.4 is 11.3 Å². The fourth-order valence-electron chi connectivity index (χ4n) is 1.72. The Labute approximate surface area is 110 Å². The second kappa shape index (κ2) is 7.78. The Morgan fingerprint density at radius 1 is 1.47 bits per heavy atom. The van der Waals surface area contributed by atoms with Crippen LogP contribution in [0.3, 0.4) is 0 Å². The molecule has 0 spiro atoms. The summed E-state index contributed by atoms with van der Waals surface area (Å²) in [5.41, 5.74) is 3.07. The third-order valence-corrected chi connectivity index (χ3v) is 2.54. The second-order valence-corrected chi connectivity index (χ2v) is 4.02. The van der Waals surface area contributed by atoms with Crippen LogP contribution in [0.15, 0.2) is 24.3 Å². The molecule has 5 nitrogen and oxygen atoms in total. The molecular weight excluding hydrogens is 256 g/mol. The maximum absolute atomic E-state index is 12.4. The summed E-state index contributed by atoms with van der Waals surface area (Å²) in [6.07, 6.45) is -2.47. The van der Waals surface area contributed by atoms with Crippen LogP contribution in [0.4, 0.5) is 8.78 Å². The highest BCUT2D eigenvalue weighted by molar-refractivity contribution is 5.93. The summed E-state index contributed by atoms with van der Waals surface area (Å²) < 4.78 is 24.7. The van der Waals surface area contributed by atoms with Crippen LogP contribution in [-0.2, 0) is 6.54 Å². The van der Waals surface area contributed by atoms with Crippen molar-refractivity contribution in [1.82, 2.24) is 10.3 Å². The molecule has 0 aliphatic heterocycles. The van der Waals surface area contributed by atoms with Gasteiger partial charge in [0.25, 0.3) is 12.3 Å². The van der Waals surface area contributed by atoms with Gasteiger partial charge in [0, 0.05) is 18.7 Å². The van der Waals surface area contributed by atoms with E-state index in [4.69, 9.17) is 10.9 Å². The van der Waals surface area contributed by atoms with Crippen LogP contribution in [0.2, 0.25) is 0 Å². The number of nitrogen functional groups attached to an aromatic ring is 1. The molecule has 0 unspecified atom stereocenters. The maximum Gasteiger partial charge on any atom is 0.265 e. The Balaban J connectivity index is 2.75. The number of benzene rings is 1. The Kier molecular flexibility index (Phi) is 6.34. The van der Waals surface area contributed by atoms with E-state index in [9.17, 15) is 13.6 Å². The molecule has 1 rings (SSSR count). The number of halogens is 2. The van der Waals surface area contributed by atoms with Crippen LogP contribution in [0.5, 0.6) is 0 Å². The zero-order valence-corrected chi connectivity index (χ0v) is 10.4. The van der Waals surface area contributed by atoms with Crippen molar-refractivity contribution in [3.05, 3.63) is 35.4 Å². The summed E-state index contributed by atoms with van der Waals surface area (Å²) >= 11 is 0. The van der Waals surface area contributed by atoms with Crippen molar-refractivity contribution < 1.29 is 18.7 Å². The molecule has 0 heterocycles. The van der Waals surface area contributed by atoms with Crippen molar-refractivity contribution in [1.29, 1.82) is 0 Å². The molecule has 0 radical (unpaired) electrons. The number of hydrazine groups is 1. The molecule has 0 bridgehead atoms. The van der Waals surface area contributed by atoms with Gasteiger partial charge >= 0.3 is 0 Å². The maximum atomic E-state index is 12.4. The Morgan fingerprint density at radius 2 is 2.21 bits per heavy atom. The van der Waals surface area contributed by atoms with Crippen LogP contribution in [-0.4, -0.2) is 42.0 Å². The first kappa shape index (κ1) is 15.5. The normalized spacial score (nSPS) is 11.1.